The number of halogens is 4. The van der Waals surface area contributed by atoms with Gasteiger partial charge in [0.15, 0.2) is 0 Å². The van der Waals surface area contributed by atoms with Crippen molar-refractivity contribution in [3.05, 3.63) is 50.4 Å². The summed E-state index contributed by atoms with van der Waals surface area (Å²) in [4.78, 5) is 0. The van der Waals surface area contributed by atoms with Crippen molar-refractivity contribution < 1.29 is 10.2 Å². The molecule has 24 heavy (non-hydrogen) atoms. The van der Waals surface area contributed by atoms with Crippen molar-refractivity contribution in [2.24, 2.45) is 7.05 Å². The number of aryl methyl sites for hydroxylation is 1. The monoisotopic (exact) mass is 402 g/mol. The average Bonchev–Trinajstić information content (AvgIpc) is 2.78. The summed E-state index contributed by atoms with van der Waals surface area (Å²) >= 11 is 24.8. The van der Waals surface area contributed by atoms with Gasteiger partial charge < -0.3 is 10.2 Å². The molecule has 124 valence electrons. The molecule has 0 spiro atoms. The lowest BCUT2D eigenvalue weighted by atomic mass is 10.1. The maximum absolute atomic E-state index is 9.57. The Balaban J connectivity index is 2.20. The van der Waals surface area contributed by atoms with E-state index in [0.717, 1.165) is 0 Å². The molecule has 0 saturated carbocycles. The molecule has 1 heterocycles. The molecular weight excluding hydrogens is 394 g/mol. The van der Waals surface area contributed by atoms with E-state index in [1.165, 1.54) is 24.3 Å². The highest BCUT2D eigenvalue weighted by molar-refractivity contribution is 6.40. The molecular formula is C16H10Cl4N2O2. The molecule has 0 aliphatic carbocycles. The first-order valence-electron chi connectivity index (χ1n) is 6.68. The highest BCUT2D eigenvalue weighted by Gasteiger charge is 2.19. The van der Waals surface area contributed by atoms with Crippen molar-refractivity contribution in [2.45, 2.75) is 0 Å². The quantitative estimate of drug-likeness (QED) is 0.570. The van der Waals surface area contributed by atoms with Gasteiger partial charge in [-0.3, -0.25) is 4.68 Å². The molecule has 3 rings (SSSR count). The van der Waals surface area contributed by atoms with Crippen molar-refractivity contribution in [1.29, 1.82) is 0 Å². The van der Waals surface area contributed by atoms with Crippen LogP contribution in [0.1, 0.15) is 0 Å². The first kappa shape index (κ1) is 17.2. The van der Waals surface area contributed by atoms with Crippen LogP contribution >= 0.6 is 46.4 Å². The van der Waals surface area contributed by atoms with Gasteiger partial charge in [-0.1, -0.05) is 46.4 Å². The zero-order valence-electron chi connectivity index (χ0n) is 12.2. The highest BCUT2D eigenvalue weighted by atomic mass is 35.5. The minimum atomic E-state index is -0.0328. The number of rotatable bonds is 2. The molecule has 0 fully saturated rings. The maximum atomic E-state index is 9.57. The Hall–Kier alpha value is -1.59. The molecule has 0 aliphatic rings. The van der Waals surface area contributed by atoms with Gasteiger partial charge >= 0.3 is 0 Å². The molecule has 4 nitrogen and oxygen atoms in total. The smallest absolute Gasteiger partial charge is 0.118 e. The van der Waals surface area contributed by atoms with Gasteiger partial charge in [-0.15, -0.1) is 0 Å². The van der Waals surface area contributed by atoms with Crippen molar-refractivity contribution in [2.75, 3.05) is 0 Å². The van der Waals surface area contributed by atoms with Crippen LogP contribution in [0.25, 0.3) is 22.5 Å². The van der Waals surface area contributed by atoms with E-state index in [1.54, 1.807) is 17.8 Å². The Kier molecular flexibility index (Phi) is 4.58. The third-order valence-electron chi connectivity index (χ3n) is 3.45. The van der Waals surface area contributed by atoms with Crippen LogP contribution in [-0.2, 0) is 7.05 Å². The number of phenols is 2. The fraction of sp³-hybridized carbons (Fsp3) is 0.0625. The van der Waals surface area contributed by atoms with Crippen LogP contribution in [0.3, 0.4) is 0 Å². The second-order valence-electron chi connectivity index (χ2n) is 5.11. The standard InChI is InChI=1S/C16H10Cl4N2O2/c1-22-14(16-11(19)4-8(24)5-12(16)20)6-13(21-22)15-9(17)2-7(23)3-10(15)18/h2-6,23-24H,1H3. The molecule has 0 unspecified atom stereocenters. The number of hydrogen-bond acceptors (Lipinski definition) is 3. The second kappa shape index (κ2) is 6.37. The second-order valence-corrected chi connectivity index (χ2v) is 6.74. The maximum Gasteiger partial charge on any atom is 0.118 e. The molecule has 0 bridgehead atoms. The van der Waals surface area contributed by atoms with E-state index in [1.807, 2.05) is 0 Å². The zero-order chi connectivity index (χ0) is 17.6. The Morgan fingerprint density at radius 3 is 1.62 bits per heavy atom. The predicted octanol–water partition coefficient (Wildman–Crippen LogP) is 5.78. The Morgan fingerprint density at radius 1 is 0.750 bits per heavy atom. The van der Waals surface area contributed by atoms with E-state index in [9.17, 15) is 10.2 Å². The van der Waals surface area contributed by atoms with Crippen LogP contribution in [0.5, 0.6) is 11.5 Å². The number of aromatic hydroxyl groups is 2. The number of nitrogens with zero attached hydrogens (tertiary/aromatic N) is 2. The summed E-state index contributed by atoms with van der Waals surface area (Å²) in [6.45, 7) is 0. The molecule has 0 atom stereocenters. The van der Waals surface area contributed by atoms with Crippen molar-refractivity contribution in [3.8, 4) is 34.0 Å². The Labute approximate surface area is 157 Å². The molecule has 2 aromatic carbocycles. The Bertz CT molecular complexity index is 907. The van der Waals surface area contributed by atoms with Crippen LogP contribution in [0.4, 0.5) is 0 Å². The summed E-state index contributed by atoms with van der Waals surface area (Å²) in [6.07, 6.45) is 0. The van der Waals surface area contributed by atoms with Crippen molar-refractivity contribution in [3.63, 3.8) is 0 Å². The molecule has 2 N–H and O–H groups in total. The predicted molar refractivity (Wildman–Crippen MR) is 97.4 cm³/mol. The van der Waals surface area contributed by atoms with E-state index in [-0.39, 0.29) is 31.6 Å². The molecule has 0 radical (unpaired) electrons. The first-order valence-corrected chi connectivity index (χ1v) is 8.20. The average molecular weight is 404 g/mol. The van der Waals surface area contributed by atoms with E-state index < -0.39 is 0 Å². The fourth-order valence-corrected chi connectivity index (χ4v) is 3.77. The topological polar surface area (TPSA) is 58.3 Å². The molecule has 0 saturated heterocycles. The summed E-state index contributed by atoms with van der Waals surface area (Å²) in [5.74, 6) is -0.0599. The minimum Gasteiger partial charge on any atom is -0.508 e. The van der Waals surface area contributed by atoms with Gasteiger partial charge in [0.05, 0.1) is 31.5 Å². The minimum absolute atomic E-state index is 0.0271. The van der Waals surface area contributed by atoms with Gasteiger partial charge in [-0.05, 0) is 30.3 Å². The lowest BCUT2D eigenvalue weighted by Crippen LogP contribution is -1.95. The van der Waals surface area contributed by atoms with Crippen LogP contribution in [0, 0.1) is 0 Å². The molecule has 3 aromatic rings. The van der Waals surface area contributed by atoms with E-state index >= 15 is 0 Å². The fourth-order valence-electron chi connectivity index (χ4n) is 2.43. The van der Waals surface area contributed by atoms with Crippen LogP contribution < -0.4 is 0 Å². The van der Waals surface area contributed by atoms with E-state index in [0.29, 0.717) is 22.5 Å². The van der Waals surface area contributed by atoms with E-state index in [4.69, 9.17) is 46.4 Å². The third kappa shape index (κ3) is 3.03. The van der Waals surface area contributed by atoms with Gasteiger partial charge in [0, 0.05) is 18.2 Å². The Morgan fingerprint density at radius 2 is 1.17 bits per heavy atom. The number of benzene rings is 2. The third-order valence-corrected chi connectivity index (χ3v) is 4.64. The lowest BCUT2D eigenvalue weighted by Gasteiger charge is -2.07. The normalized spacial score (nSPS) is 11.0. The van der Waals surface area contributed by atoms with Gasteiger partial charge in [-0.2, -0.15) is 5.10 Å². The molecule has 0 aliphatic heterocycles. The number of phenolic OH excluding ortho intramolecular Hbond substituents is 2. The summed E-state index contributed by atoms with van der Waals surface area (Å²) in [5.41, 5.74) is 2.15. The summed E-state index contributed by atoms with van der Waals surface area (Å²) in [6, 6.07) is 7.30. The summed E-state index contributed by atoms with van der Waals surface area (Å²) in [7, 11) is 1.72. The number of hydrogen-bond donors (Lipinski definition) is 2. The van der Waals surface area contributed by atoms with Gasteiger partial charge in [0.2, 0.25) is 0 Å². The molecule has 0 amide bonds. The number of aromatic nitrogens is 2. The first-order chi connectivity index (χ1) is 11.3. The van der Waals surface area contributed by atoms with Crippen LogP contribution in [0.15, 0.2) is 30.3 Å². The van der Waals surface area contributed by atoms with Gasteiger partial charge in [0.25, 0.3) is 0 Å². The molecule has 8 heteroatoms. The summed E-state index contributed by atoms with van der Waals surface area (Å²) in [5, 5.41) is 24.6. The van der Waals surface area contributed by atoms with Crippen molar-refractivity contribution >= 4 is 46.4 Å². The SMILES string of the molecule is Cn1nc(-c2c(Cl)cc(O)cc2Cl)cc1-c1c(Cl)cc(O)cc1Cl. The lowest BCUT2D eigenvalue weighted by molar-refractivity contribution is 0.475. The van der Waals surface area contributed by atoms with Crippen LogP contribution in [-0.4, -0.2) is 20.0 Å². The zero-order valence-corrected chi connectivity index (χ0v) is 15.2. The largest absolute Gasteiger partial charge is 0.508 e. The van der Waals surface area contributed by atoms with Gasteiger partial charge in [-0.25, -0.2) is 0 Å². The van der Waals surface area contributed by atoms with Crippen molar-refractivity contribution in [1.82, 2.24) is 9.78 Å². The van der Waals surface area contributed by atoms with Gasteiger partial charge in [0.1, 0.15) is 11.5 Å². The van der Waals surface area contributed by atoms with Crippen LogP contribution in [0.2, 0.25) is 20.1 Å². The highest BCUT2D eigenvalue weighted by Crippen LogP contribution is 2.41. The summed E-state index contributed by atoms with van der Waals surface area (Å²) < 4.78 is 1.58. The molecule has 1 aromatic heterocycles. The van der Waals surface area contributed by atoms with E-state index in [2.05, 4.69) is 5.10 Å².